The van der Waals surface area contributed by atoms with Crippen molar-refractivity contribution in [3.63, 3.8) is 0 Å². The lowest BCUT2D eigenvalue weighted by Gasteiger charge is -2.11. The normalized spacial score (nSPS) is 11.8. The average Bonchev–Trinajstić information content (AvgIpc) is 3.02. The van der Waals surface area contributed by atoms with Crippen LogP contribution in [-0.4, -0.2) is 67.7 Å². The third-order valence-electron chi connectivity index (χ3n) is 6.29. The molecule has 4 aromatic rings. The third kappa shape index (κ3) is 9.69. The van der Waals surface area contributed by atoms with Crippen LogP contribution in [-0.2, 0) is 29.1 Å². The van der Waals surface area contributed by atoms with E-state index in [1.165, 1.54) is 60.7 Å². The smallest absolute Gasteiger partial charge is 0.206 e. The number of hydrogen-bond acceptors (Lipinski definition) is 10. The van der Waals surface area contributed by atoms with E-state index in [4.69, 9.17) is 23.7 Å². The number of phenolic OH excluding ortho intramolecular Hbond substituents is 1. The summed E-state index contributed by atoms with van der Waals surface area (Å²) < 4.78 is 79.1. The Morgan fingerprint density at radius 3 is 1.16 bits per heavy atom. The molecule has 45 heavy (non-hydrogen) atoms. The minimum Gasteiger partial charge on any atom is -0.508 e. The van der Waals surface area contributed by atoms with Crippen LogP contribution in [0.25, 0.3) is 0 Å². The molecule has 12 heteroatoms. The molecule has 4 aromatic carbocycles. The lowest BCUT2D eigenvalue weighted by atomic mass is 10.3. The van der Waals surface area contributed by atoms with Crippen molar-refractivity contribution in [2.24, 2.45) is 0 Å². The van der Waals surface area contributed by atoms with E-state index in [-0.39, 0.29) is 44.6 Å². The van der Waals surface area contributed by atoms with Gasteiger partial charge in [-0.2, -0.15) is 0 Å². The number of aromatic hydroxyl groups is 1. The molecular weight excluding hydrogens is 620 g/mol. The van der Waals surface area contributed by atoms with Crippen molar-refractivity contribution < 1.29 is 45.6 Å². The van der Waals surface area contributed by atoms with E-state index in [1.807, 2.05) is 13.8 Å². The van der Waals surface area contributed by atoms with Crippen molar-refractivity contribution in [2.75, 3.05) is 39.6 Å². The molecule has 4 rings (SSSR count). The molecule has 1 N–H and O–H groups in total. The molecule has 0 bridgehead atoms. The quantitative estimate of drug-likeness (QED) is 0.149. The van der Waals surface area contributed by atoms with Crippen LogP contribution in [0.5, 0.6) is 23.0 Å². The van der Waals surface area contributed by atoms with Gasteiger partial charge in [0.1, 0.15) is 36.2 Å². The highest BCUT2D eigenvalue weighted by molar-refractivity contribution is 7.91. The fourth-order valence-corrected chi connectivity index (χ4v) is 6.58. The topological polar surface area (TPSA) is 135 Å². The minimum atomic E-state index is -3.69. The number of benzene rings is 4. The van der Waals surface area contributed by atoms with Gasteiger partial charge >= 0.3 is 0 Å². The highest BCUT2D eigenvalue weighted by atomic mass is 32.2. The van der Waals surface area contributed by atoms with E-state index in [0.717, 1.165) is 0 Å². The summed E-state index contributed by atoms with van der Waals surface area (Å²) >= 11 is 0. The Kier molecular flexibility index (Phi) is 11.8. The van der Waals surface area contributed by atoms with Crippen molar-refractivity contribution in [3.05, 3.63) is 97.1 Å². The van der Waals surface area contributed by atoms with E-state index in [1.54, 1.807) is 36.4 Å². The third-order valence-corrected chi connectivity index (χ3v) is 9.86. The molecule has 0 heterocycles. The molecule has 0 fully saturated rings. The van der Waals surface area contributed by atoms with Crippen LogP contribution in [0.1, 0.15) is 13.8 Å². The first-order valence-corrected chi connectivity index (χ1v) is 17.2. The summed E-state index contributed by atoms with van der Waals surface area (Å²) in [5.74, 6) is 1.64. The van der Waals surface area contributed by atoms with Crippen molar-refractivity contribution in [1.29, 1.82) is 0 Å². The molecule has 10 nitrogen and oxygen atoms in total. The summed E-state index contributed by atoms with van der Waals surface area (Å²) in [5, 5.41) is 9.37. The first kappa shape index (κ1) is 33.8. The van der Waals surface area contributed by atoms with E-state index >= 15 is 0 Å². The second kappa shape index (κ2) is 15.8. The Bertz CT molecular complexity index is 1700. The van der Waals surface area contributed by atoms with Crippen LogP contribution in [0.4, 0.5) is 0 Å². The molecule has 0 atom stereocenters. The predicted molar refractivity (Wildman–Crippen MR) is 167 cm³/mol. The molecule has 0 saturated heterocycles. The maximum atomic E-state index is 12.9. The summed E-state index contributed by atoms with van der Waals surface area (Å²) in [6.07, 6.45) is -0.00114. The van der Waals surface area contributed by atoms with Crippen LogP contribution in [0, 0.1) is 0 Å². The predicted octanol–water partition coefficient (Wildman–Crippen LogP) is 5.34. The maximum Gasteiger partial charge on any atom is 0.206 e. The van der Waals surface area contributed by atoms with Crippen molar-refractivity contribution in [3.8, 4) is 23.0 Å². The van der Waals surface area contributed by atoms with E-state index in [9.17, 15) is 21.9 Å². The summed E-state index contributed by atoms with van der Waals surface area (Å²) in [4.78, 5) is 0.566. The zero-order valence-electron chi connectivity index (χ0n) is 25.0. The highest BCUT2D eigenvalue weighted by Gasteiger charge is 2.19. The summed E-state index contributed by atoms with van der Waals surface area (Å²) in [6.45, 7) is 5.71. The molecule has 0 saturated carbocycles. The first-order valence-electron chi connectivity index (χ1n) is 14.2. The standard InChI is InChI=1S/C33H36O10S2/c1-25(2)43-29-9-17-33(18-10-29)45(37,38)32-15-7-28(8-16-32)42-24-22-40-20-19-39-21-23-41-27-5-13-31(14-6-27)44(35,36)30-11-3-26(34)4-12-30/h3-18,25,34H,19-24H2,1-2H3. The lowest BCUT2D eigenvalue weighted by Crippen LogP contribution is -2.13. The summed E-state index contributed by atoms with van der Waals surface area (Å²) in [7, 11) is -7.35. The Labute approximate surface area is 263 Å². The molecule has 0 unspecified atom stereocenters. The van der Waals surface area contributed by atoms with Gasteiger partial charge in [-0.3, -0.25) is 0 Å². The average molecular weight is 657 g/mol. The van der Waals surface area contributed by atoms with Crippen LogP contribution >= 0.6 is 0 Å². The second-order valence-corrected chi connectivity index (χ2v) is 13.9. The number of phenols is 1. The highest BCUT2D eigenvalue weighted by Crippen LogP contribution is 2.26. The van der Waals surface area contributed by atoms with Crippen LogP contribution in [0.15, 0.2) is 117 Å². The fourth-order valence-electron chi connectivity index (χ4n) is 4.06. The van der Waals surface area contributed by atoms with Gasteiger partial charge < -0.3 is 28.8 Å². The van der Waals surface area contributed by atoms with Crippen LogP contribution < -0.4 is 14.2 Å². The van der Waals surface area contributed by atoms with Crippen molar-refractivity contribution >= 4 is 19.7 Å². The molecule has 0 aliphatic heterocycles. The second-order valence-electron chi connectivity index (χ2n) is 10.0. The Morgan fingerprint density at radius 1 is 0.489 bits per heavy atom. The Hall–Kier alpha value is -4.10. The van der Waals surface area contributed by atoms with Gasteiger partial charge in [0, 0.05) is 0 Å². The van der Waals surface area contributed by atoms with Gasteiger partial charge in [0.25, 0.3) is 0 Å². The zero-order chi connectivity index (χ0) is 32.3. The number of hydrogen-bond donors (Lipinski definition) is 1. The molecule has 0 amide bonds. The first-order chi connectivity index (χ1) is 21.6. The minimum absolute atomic E-state index is 0.00114. The summed E-state index contributed by atoms with van der Waals surface area (Å²) in [6, 6.07) is 24.0. The van der Waals surface area contributed by atoms with E-state index < -0.39 is 19.7 Å². The number of ether oxygens (including phenoxy) is 5. The Morgan fingerprint density at radius 2 is 0.800 bits per heavy atom. The van der Waals surface area contributed by atoms with Gasteiger partial charge in [-0.25, -0.2) is 16.8 Å². The van der Waals surface area contributed by atoms with Gasteiger partial charge in [0.15, 0.2) is 0 Å². The maximum absolute atomic E-state index is 12.9. The number of rotatable bonds is 17. The van der Waals surface area contributed by atoms with E-state index in [2.05, 4.69) is 0 Å². The van der Waals surface area contributed by atoms with Gasteiger partial charge in [-0.05, 0) is 111 Å². The molecule has 0 aliphatic carbocycles. The van der Waals surface area contributed by atoms with Crippen molar-refractivity contribution in [2.45, 2.75) is 39.5 Å². The van der Waals surface area contributed by atoms with Gasteiger partial charge in [-0.1, -0.05) is 0 Å². The molecule has 0 spiro atoms. The monoisotopic (exact) mass is 656 g/mol. The van der Waals surface area contributed by atoms with Gasteiger partial charge in [-0.15, -0.1) is 0 Å². The number of sulfone groups is 2. The lowest BCUT2D eigenvalue weighted by molar-refractivity contribution is 0.0273. The SMILES string of the molecule is CC(C)Oc1ccc(S(=O)(=O)c2ccc(OCCOCCOCCOc3ccc(S(=O)(=O)c4ccc(O)cc4)cc3)cc2)cc1. The molecule has 0 aliphatic rings. The zero-order valence-corrected chi connectivity index (χ0v) is 26.6. The molecule has 0 aromatic heterocycles. The molecule has 0 radical (unpaired) electrons. The largest absolute Gasteiger partial charge is 0.508 e. The molecular formula is C33H36O10S2. The van der Waals surface area contributed by atoms with Crippen LogP contribution in [0.3, 0.4) is 0 Å². The summed E-state index contributed by atoms with van der Waals surface area (Å²) in [5.41, 5.74) is 0. The van der Waals surface area contributed by atoms with E-state index in [0.29, 0.717) is 43.7 Å². The fraction of sp³-hybridized carbons (Fsp3) is 0.273. The Balaban J connectivity index is 1.08. The van der Waals surface area contributed by atoms with Crippen molar-refractivity contribution in [1.82, 2.24) is 0 Å². The van der Waals surface area contributed by atoms with Crippen LogP contribution in [0.2, 0.25) is 0 Å². The van der Waals surface area contributed by atoms with Gasteiger partial charge in [0.05, 0.1) is 52.1 Å². The van der Waals surface area contributed by atoms with Gasteiger partial charge in [0.2, 0.25) is 19.7 Å². The molecule has 240 valence electrons.